The lowest BCUT2D eigenvalue weighted by Gasteiger charge is -2.33. The first-order valence-electron chi connectivity index (χ1n) is 12.5. The quantitative estimate of drug-likeness (QED) is 0.464. The number of likely N-dealkylation sites (tertiary alicyclic amines) is 1. The van der Waals surface area contributed by atoms with Crippen molar-refractivity contribution in [1.82, 2.24) is 20.0 Å². The first-order chi connectivity index (χ1) is 17.2. The molecule has 1 fully saturated rings. The molecule has 9 nitrogen and oxygen atoms in total. The van der Waals surface area contributed by atoms with Crippen molar-refractivity contribution in [3.8, 4) is 0 Å². The van der Waals surface area contributed by atoms with Gasteiger partial charge in [-0.15, -0.1) is 6.58 Å². The average molecular weight is 495 g/mol. The number of carbonyl (C=O) groups is 4. The van der Waals surface area contributed by atoms with Crippen LogP contribution < -0.4 is 5.32 Å². The third-order valence-electron chi connectivity index (χ3n) is 7.14. The first kappa shape index (κ1) is 25.5. The van der Waals surface area contributed by atoms with Gasteiger partial charge in [0.1, 0.15) is 6.54 Å². The molecule has 1 atom stereocenters. The molecule has 3 heterocycles. The van der Waals surface area contributed by atoms with Gasteiger partial charge in [-0.05, 0) is 44.7 Å². The molecule has 0 aromatic heterocycles. The molecule has 4 rings (SSSR count). The number of nitrogens with one attached hydrogen (secondary N) is 1. The van der Waals surface area contributed by atoms with Crippen LogP contribution in [0.15, 0.2) is 42.1 Å². The first-order valence-corrected chi connectivity index (χ1v) is 12.5. The van der Waals surface area contributed by atoms with Crippen molar-refractivity contribution < 1.29 is 23.9 Å². The Hall–Kier alpha value is -3.62. The second-order valence-corrected chi connectivity index (χ2v) is 9.57. The predicted molar refractivity (Wildman–Crippen MR) is 134 cm³/mol. The summed E-state index contributed by atoms with van der Waals surface area (Å²) >= 11 is 0. The molecule has 192 valence electrons. The van der Waals surface area contributed by atoms with E-state index in [2.05, 4.69) is 11.9 Å². The molecule has 36 heavy (non-hydrogen) atoms. The van der Waals surface area contributed by atoms with Crippen molar-refractivity contribution >= 4 is 23.8 Å². The van der Waals surface area contributed by atoms with Gasteiger partial charge in [-0.2, -0.15) is 0 Å². The number of ether oxygens (including phenoxy) is 1. The van der Waals surface area contributed by atoms with E-state index in [0.29, 0.717) is 43.8 Å². The molecule has 4 amide bonds. The van der Waals surface area contributed by atoms with E-state index in [0.717, 1.165) is 16.7 Å². The third kappa shape index (κ3) is 4.87. The minimum Gasteiger partial charge on any atom is -0.466 e. The minimum atomic E-state index is -0.581. The molecule has 1 saturated heterocycles. The molecular weight excluding hydrogens is 460 g/mol. The van der Waals surface area contributed by atoms with E-state index >= 15 is 0 Å². The molecule has 3 aliphatic heterocycles. The molecule has 0 saturated carbocycles. The van der Waals surface area contributed by atoms with Gasteiger partial charge in [0, 0.05) is 19.6 Å². The van der Waals surface area contributed by atoms with Crippen molar-refractivity contribution in [2.45, 2.75) is 39.7 Å². The Kier molecular flexibility index (Phi) is 7.47. The number of nitrogens with zero attached hydrogens (tertiary/aromatic N) is 3. The Labute approximate surface area is 211 Å². The van der Waals surface area contributed by atoms with Crippen LogP contribution in [0.1, 0.15) is 42.5 Å². The fourth-order valence-electron chi connectivity index (χ4n) is 5.27. The zero-order chi connectivity index (χ0) is 26.0. The fraction of sp³-hybridized carbons (Fsp3) is 0.481. The maximum atomic E-state index is 13.6. The van der Waals surface area contributed by atoms with Gasteiger partial charge < -0.3 is 19.9 Å². The summed E-state index contributed by atoms with van der Waals surface area (Å²) in [4.78, 5) is 56.5. The Balaban J connectivity index is 1.51. The lowest BCUT2D eigenvalue weighted by Crippen LogP contribution is -2.47. The maximum Gasteiger partial charge on any atom is 0.322 e. The number of aryl methyl sites for hydroxylation is 2. The van der Waals surface area contributed by atoms with Gasteiger partial charge >= 0.3 is 12.0 Å². The number of rotatable bonds is 7. The smallest absolute Gasteiger partial charge is 0.322 e. The SMILES string of the molecule is C=CCN1C(=O)NC(c2ccc(C)cc2C)C2=C1CN(CC(=O)N1CCC(C(=O)OCC)CC1)C2=O. The predicted octanol–water partition coefficient (Wildman–Crippen LogP) is 2.45. The van der Waals surface area contributed by atoms with Crippen molar-refractivity contribution in [3.05, 3.63) is 58.8 Å². The van der Waals surface area contributed by atoms with Crippen molar-refractivity contribution in [2.24, 2.45) is 5.92 Å². The molecule has 3 aliphatic rings. The second-order valence-electron chi connectivity index (χ2n) is 9.57. The van der Waals surface area contributed by atoms with Crippen LogP contribution in [0.2, 0.25) is 0 Å². The Morgan fingerprint density at radius 3 is 2.56 bits per heavy atom. The number of piperidine rings is 1. The maximum absolute atomic E-state index is 13.6. The van der Waals surface area contributed by atoms with Gasteiger partial charge in [0.05, 0.1) is 36.4 Å². The lowest BCUT2D eigenvalue weighted by atomic mass is 9.91. The summed E-state index contributed by atoms with van der Waals surface area (Å²) in [6.45, 7) is 11.1. The lowest BCUT2D eigenvalue weighted by molar-refractivity contribution is -0.151. The van der Waals surface area contributed by atoms with E-state index in [-0.39, 0.29) is 49.4 Å². The van der Waals surface area contributed by atoms with E-state index < -0.39 is 6.04 Å². The number of hydrogen-bond acceptors (Lipinski definition) is 5. The van der Waals surface area contributed by atoms with Crippen molar-refractivity contribution in [2.75, 3.05) is 39.3 Å². The largest absolute Gasteiger partial charge is 0.466 e. The van der Waals surface area contributed by atoms with Crippen LogP contribution >= 0.6 is 0 Å². The topological polar surface area (TPSA) is 99.3 Å². The molecule has 0 spiro atoms. The summed E-state index contributed by atoms with van der Waals surface area (Å²) in [7, 11) is 0. The minimum absolute atomic E-state index is 0.0778. The Morgan fingerprint density at radius 2 is 1.92 bits per heavy atom. The average Bonchev–Trinajstić information content (AvgIpc) is 3.17. The normalized spacial score (nSPS) is 20.4. The van der Waals surface area contributed by atoms with E-state index in [1.54, 1.807) is 17.9 Å². The van der Waals surface area contributed by atoms with Gasteiger partial charge in [0.2, 0.25) is 5.91 Å². The van der Waals surface area contributed by atoms with Crippen LogP contribution in [0, 0.1) is 19.8 Å². The molecule has 9 heteroatoms. The number of urea groups is 1. The van der Waals surface area contributed by atoms with E-state index in [9.17, 15) is 19.2 Å². The number of benzene rings is 1. The molecule has 1 N–H and O–H groups in total. The van der Waals surface area contributed by atoms with Crippen molar-refractivity contribution in [3.63, 3.8) is 0 Å². The molecule has 0 aliphatic carbocycles. The highest BCUT2D eigenvalue weighted by Gasteiger charge is 2.45. The highest BCUT2D eigenvalue weighted by Crippen LogP contribution is 2.37. The zero-order valence-electron chi connectivity index (χ0n) is 21.2. The second kappa shape index (κ2) is 10.6. The van der Waals surface area contributed by atoms with Crippen LogP contribution in [0.5, 0.6) is 0 Å². The summed E-state index contributed by atoms with van der Waals surface area (Å²) < 4.78 is 5.11. The molecule has 1 aromatic carbocycles. The molecule has 0 radical (unpaired) electrons. The summed E-state index contributed by atoms with van der Waals surface area (Å²) in [6, 6.07) is 5.06. The standard InChI is InChI=1S/C27H34N4O5/c1-5-11-31-21-15-30(16-22(32)29-12-9-19(10-13-29)26(34)36-6-2)25(33)23(21)24(28-27(31)35)20-8-7-17(3)14-18(20)4/h5,7-8,14,19,24H,1,6,9-13,15-16H2,2-4H3,(H,28,35). The van der Waals surface area contributed by atoms with E-state index in [1.165, 1.54) is 9.80 Å². The molecule has 0 bridgehead atoms. The van der Waals surface area contributed by atoms with Gasteiger partial charge in [0.25, 0.3) is 5.91 Å². The van der Waals surface area contributed by atoms with Gasteiger partial charge in [-0.1, -0.05) is 29.8 Å². The van der Waals surface area contributed by atoms with Crippen molar-refractivity contribution in [1.29, 1.82) is 0 Å². The van der Waals surface area contributed by atoms with Gasteiger partial charge in [0.15, 0.2) is 0 Å². The summed E-state index contributed by atoms with van der Waals surface area (Å²) in [6.07, 6.45) is 2.72. The summed E-state index contributed by atoms with van der Waals surface area (Å²) in [5, 5.41) is 2.99. The highest BCUT2D eigenvalue weighted by atomic mass is 16.5. The highest BCUT2D eigenvalue weighted by molar-refractivity contribution is 6.03. The van der Waals surface area contributed by atoms with Crippen LogP contribution in [0.25, 0.3) is 0 Å². The molecular formula is C27H34N4O5. The van der Waals surface area contributed by atoms with Crippen LogP contribution in [0.3, 0.4) is 0 Å². The van der Waals surface area contributed by atoms with E-state index in [4.69, 9.17) is 4.74 Å². The van der Waals surface area contributed by atoms with Gasteiger partial charge in [-0.25, -0.2) is 4.79 Å². The molecule has 1 unspecified atom stereocenters. The van der Waals surface area contributed by atoms with Gasteiger partial charge in [-0.3, -0.25) is 19.3 Å². The number of esters is 1. The third-order valence-corrected chi connectivity index (χ3v) is 7.14. The summed E-state index contributed by atoms with van der Waals surface area (Å²) in [5.74, 6) is -0.825. The monoisotopic (exact) mass is 494 g/mol. The number of hydrogen-bond donors (Lipinski definition) is 1. The number of amides is 4. The Bertz CT molecular complexity index is 1120. The zero-order valence-corrected chi connectivity index (χ0v) is 21.2. The fourth-order valence-corrected chi connectivity index (χ4v) is 5.27. The van der Waals surface area contributed by atoms with Crippen LogP contribution in [0.4, 0.5) is 4.79 Å². The van der Waals surface area contributed by atoms with Crippen LogP contribution in [-0.4, -0.2) is 77.8 Å². The molecule has 1 aromatic rings. The Morgan fingerprint density at radius 1 is 1.19 bits per heavy atom. The van der Waals surface area contributed by atoms with E-state index in [1.807, 2.05) is 32.0 Å². The number of carbonyl (C=O) groups excluding carboxylic acids is 4. The summed E-state index contributed by atoms with van der Waals surface area (Å²) in [5.41, 5.74) is 4.05. The van der Waals surface area contributed by atoms with Crippen LogP contribution in [-0.2, 0) is 19.1 Å².